The SMILES string of the molecule is CN1CCN(CCc2ccc(C3(C(=O)O)CCCC3)cc2)CC1. The van der Waals surface area contributed by atoms with Crippen molar-refractivity contribution in [3.63, 3.8) is 0 Å². The summed E-state index contributed by atoms with van der Waals surface area (Å²) in [7, 11) is 2.18. The predicted octanol–water partition coefficient (Wildman–Crippen LogP) is 2.37. The maximum absolute atomic E-state index is 11.8. The fourth-order valence-electron chi connectivity index (χ4n) is 3.95. The van der Waals surface area contributed by atoms with Crippen molar-refractivity contribution in [2.45, 2.75) is 37.5 Å². The summed E-state index contributed by atoms with van der Waals surface area (Å²) < 4.78 is 0. The van der Waals surface area contributed by atoms with Crippen molar-refractivity contribution in [1.82, 2.24) is 9.80 Å². The van der Waals surface area contributed by atoms with Gasteiger partial charge in [0, 0.05) is 32.7 Å². The fourth-order valence-corrected chi connectivity index (χ4v) is 3.95. The lowest BCUT2D eigenvalue weighted by Gasteiger charge is -2.32. The number of carbonyl (C=O) groups is 1. The summed E-state index contributed by atoms with van der Waals surface area (Å²) in [6, 6.07) is 8.38. The van der Waals surface area contributed by atoms with Gasteiger partial charge in [-0.3, -0.25) is 4.79 Å². The minimum absolute atomic E-state index is 0.629. The standard InChI is InChI=1S/C19H28N2O2/c1-20-12-14-21(15-13-20)11-8-16-4-6-17(7-5-16)19(18(22)23)9-2-3-10-19/h4-7H,2-3,8-15H2,1H3,(H,22,23). The molecule has 1 N–H and O–H groups in total. The van der Waals surface area contributed by atoms with Crippen LogP contribution >= 0.6 is 0 Å². The molecule has 0 spiro atoms. The van der Waals surface area contributed by atoms with Gasteiger partial charge in [0.05, 0.1) is 5.41 Å². The highest BCUT2D eigenvalue weighted by atomic mass is 16.4. The van der Waals surface area contributed by atoms with E-state index in [1.807, 2.05) is 0 Å². The lowest BCUT2D eigenvalue weighted by molar-refractivity contribution is -0.143. The number of likely N-dealkylation sites (N-methyl/N-ethyl adjacent to an activating group) is 1. The molecule has 0 bridgehead atoms. The Morgan fingerprint density at radius 3 is 2.26 bits per heavy atom. The van der Waals surface area contributed by atoms with Gasteiger partial charge in [0.15, 0.2) is 0 Å². The zero-order valence-electron chi connectivity index (χ0n) is 14.1. The molecule has 1 aliphatic heterocycles. The fraction of sp³-hybridized carbons (Fsp3) is 0.632. The van der Waals surface area contributed by atoms with Crippen molar-refractivity contribution in [3.05, 3.63) is 35.4 Å². The Morgan fingerprint density at radius 2 is 1.70 bits per heavy atom. The number of piperazine rings is 1. The van der Waals surface area contributed by atoms with Crippen LogP contribution in [-0.2, 0) is 16.6 Å². The zero-order valence-corrected chi connectivity index (χ0v) is 14.1. The van der Waals surface area contributed by atoms with Crippen LogP contribution in [0.3, 0.4) is 0 Å². The number of nitrogens with zero attached hydrogens (tertiary/aromatic N) is 2. The Labute approximate surface area is 139 Å². The highest BCUT2D eigenvalue weighted by molar-refractivity contribution is 5.81. The van der Waals surface area contributed by atoms with E-state index in [-0.39, 0.29) is 0 Å². The molecule has 4 heteroatoms. The average molecular weight is 316 g/mol. The molecule has 1 saturated carbocycles. The molecule has 0 radical (unpaired) electrons. The second-order valence-corrected chi connectivity index (χ2v) is 7.19. The van der Waals surface area contributed by atoms with Crippen LogP contribution in [0.2, 0.25) is 0 Å². The maximum Gasteiger partial charge on any atom is 0.314 e. The molecule has 1 aliphatic carbocycles. The molecule has 1 aromatic carbocycles. The summed E-state index contributed by atoms with van der Waals surface area (Å²) in [6.45, 7) is 5.70. The monoisotopic (exact) mass is 316 g/mol. The highest BCUT2D eigenvalue weighted by Gasteiger charge is 2.42. The van der Waals surface area contributed by atoms with Crippen LogP contribution in [-0.4, -0.2) is 60.6 Å². The van der Waals surface area contributed by atoms with Gasteiger partial charge in [-0.15, -0.1) is 0 Å². The molecule has 0 atom stereocenters. The molecule has 23 heavy (non-hydrogen) atoms. The van der Waals surface area contributed by atoms with Crippen molar-refractivity contribution < 1.29 is 9.90 Å². The van der Waals surface area contributed by atoms with Crippen molar-refractivity contribution in [2.24, 2.45) is 0 Å². The molecule has 1 heterocycles. The van der Waals surface area contributed by atoms with Crippen molar-refractivity contribution in [3.8, 4) is 0 Å². The van der Waals surface area contributed by atoms with Gasteiger partial charge >= 0.3 is 5.97 Å². The number of benzene rings is 1. The third-order valence-corrected chi connectivity index (χ3v) is 5.69. The van der Waals surface area contributed by atoms with E-state index in [4.69, 9.17) is 0 Å². The number of carboxylic acid groups (broad SMARTS) is 1. The molecule has 4 nitrogen and oxygen atoms in total. The second-order valence-electron chi connectivity index (χ2n) is 7.19. The Bertz CT molecular complexity index is 527. The molecule has 0 amide bonds. The lowest BCUT2D eigenvalue weighted by Crippen LogP contribution is -2.45. The smallest absolute Gasteiger partial charge is 0.314 e. The average Bonchev–Trinajstić information content (AvgIpc) is 3.06. The molecule has 1 aromatic rings. The summed E-state index contributed by atoms with van der Waals surface area (Å²) in [5.74, 6) is -0.653. The Balaban J connectivity index is 1.60. The molecule has 126 valence electrons. The molecule has 3 rings (SSSR count). The first kappa shape index (κ1) is 16.5. The van der Waals surface area contributed by atoms with E-state index < -0.39 is 11.4 Å². The molecule has 0 unspecified atom stereocenters. The van der Waals surface area contributed by atoms with Gasteiger partial charge in [-0.2, -0.15) is 0 Å². The van der Waals surface area contributed by atoms with Crippen molar-refractivity contribution in [1.29, 1.82) is 0 Å². The van der Waals surface area contributed by atoms with Crippen molar-refractivity contribution >= 4 is 5.97 Å². The van der Waals surface area contributed by atoms with E-state index in [9.17, 15) is 9.90 Å². The summed E-state index contributed by atoms with van der Waals surface area (Å²) in [5.41, 5.74) is 1.67. The summed E-state index contributed by atoms with van der Waals surface area (Å²) in [5, 5.41) is 9.67. The molecule has 2 aliphatic rings. The number of carboxylic acids is 1. The van der Waals surface area contributed by atoms with Gasteiger partial charge in [0.1, 0.15) is 0 Å². The lowest BCUT2D eigenvalue weighted by atomic mass is 9.78. The van der Waals surface area contributed by atoms with E-state index in [0.29, 0.717) is 0 Å². The third-order valence-electron chi connectivity index (χ3n) is 5.69. The topological polar surface area (TPSA) is 43.8 Å². The van der Waals surface area contributed by atoms with E-state index in [1.165, 1.54) is 5.56 Å². The van der Waals surface area contributed by atoms with Gasteiger partial charge in [0.25, 0.3) is 0 Å². The van der Waals surface area contributed by atoms with Crippen LogP contribution in [0.15, 0.2) is 24.3 Å². The van der Waals surface area contributed by atoms with Gasteiger partial charge in [-0.25, -0.2) is 0 Å². The van der Waals surface area contributed by atoms with Gasteiger partial charge < -0.3 is 14.9 Å². The Kier molecular flexibility index (Phi) is 5.02. The van der Waals surface area contributed by atoms with Crippen LogP contribution in [0, 0.1) is 0 Å². The Hall–Kier alpha value is -1.39. The molecular weight excluding hydrogens is 288 g/mol. The van der Waals surface area contributed by atoms with Crippen LogP contribution in [0.1, 0.15) is 36.8 Å². The highest BCUT2D eigenvalue weighted by Crippen LogP contribution is 2.41. The first-order valence-electron chi connectivity index (χ1n) is 8.84. The minimum Gasteiger partial charge on any atom is -0.481 e. The summed E-state index contributed by atoms with van der Waals surface area (Å²) >= 11 is 0. The zero-order chi connectivity index (χ0) is 16.3. The van der Waals surface area contributed by atoms with Gasteiger partial charge in [0.2, 0.25) is 0 Å². The predicted molar refractivity (Wildman–Crippen MR) is 91.9 cm³/mol. The number of hydrogen-bond acceptors (Lipinski definition) is 3. The molecule has 2 fully saturated rings. The van der Waals surface area contributed by atoms with Gasteiger partial charge in [-0.1, -0.05) is 37.1 Å². The number of hydrogen-bond donors (Lipinski definition) is 1. The van der Waals surface area contributed by atoms with Crippen molar-refractivity contribution in [2.75, 3.05) is 39.8 Å². The quantitative estimate of drug-likeness (QED) is 0.906. The number of aliphatic carboxylic acids is 1. The van der Waals surface area contributed by atoms with Crippen LogP contribution < -0.4 is 0 Å². The molecule has 1 saturated heterocycles. The third kappa shape index (κ3) is 3.59. The molecule has 0 aromatic heterocycles. The number of rotatable bonds is 5. The van der Waals surface area contributed by atoms with Gasteiger partial charge in [-0.05, 0) is 37.4 Å². The van der Waals surface area contributed by atoms with E-state index >= 15 is 0 Å². The Morgan fingerprint density at radius 1 is 1.09 bits per heavy atom. The molecular formula is C19H28N2O2. The summed E-state index contributed by atoms with van der Waals surface area (Å²) in [4.78, 5) is 16.6. The maximum atomic E-state index is 11.8. The first-order valence-corrected chi connectivity index (χ1v) is 8.84. The minimum atomic E-state index is -0.653. The van der Waals surface area contributed by atoms with Crippen LogP contribution in [0.5, 0.6) is 0 Å². The second kappa shape index (κ2) is 7.02. The van der Waals surface area contributed by atoms with E-state index in [2.05, 4.69) is 41.1 Å². The largest absolute Gasteiger partial charge is 0.481 e. The van der Waals surface area contributed by atoms with E-state index in [0.717, 1.165) is 70.4 Å². The van der Waals surface area contributed by atoms with E-state index in [1.54, 1.807) is 0 Å². The van der Waals surface area contributed by atoms with Crippen LogP contribution in [0.4, 0.5) is 0 Å². The first-order chi connectivity index (χ1) is 11.1. The normalized spacial score (nSPS) is 22.3. The van der Waals surface area contributed by atoms with Crippen LogP contribution in [0.25, 0.3) is 0 Å². The summed E-state index contributed by atoms with van der Waals surface area (Å²) in [6.07, 6.45) is 4.66.